The topological polar surface area (TPSA) is 511 Å². The third-order valence-corrected chi connectivity index (χ3v) is 13.6. The molecule has 1 aliphatic rings. The predicted octanol–water partition coefficient (Wildman–Crippen LogP) is -2.81. The Bertz CT molecular complexity index is 3050. The molecule has 3 aromatic carbocycles. The van der Waals surface area contributed by atoms with Crippen LogP contribution in [0.15, 0.2) is 94.0 Å². The third-order valence-electron chi connectivity index (χ3n) is 13.6. The van der Waals surface area contributed by atoms with E-state index in [-0.39, 0.29) is 133 Å². The normalized spacial score (nSPS) is 18.1. The number of carbonyl (C=O) groups excluding carboxylic acids is 9. The van der Waals surface area contributed by atoms with Gasteiger partial charge in [0, 0.05) is 81.9 Å². The van der Waals surface area contributed by atoms with E-state index >= 15 is 4.79 Å². The fourth-order valence-electron chi connectivity index (χ4n) is 9.03. The lowest BCUT2D eigenvalue weighted by molar-refractivity contribution is -0.135. The number of aliphatic imine (C=N–C) groups is 3. The summed E-state index contributed by atoms with van der Waals surface area (Å²) < 4.78 is 0. The number of phenols is 2. The number of hydrogen-bond donors (Lipinski definition) is 18. The first-order valence-corrected chi connectivity index (χ1v) is 28.1. The molecule has 0 spiro atoms. The molecule has 6 atom stereocenters. The van der Waals surface area contributed by atoms with Gasteiger partial charge >= 0.3 is 6.03 Å². The molecule has 0 fully saturated rings. The molecule has 30 nitrogen and oxygen atoms in total. The number of primary amides is 1. The van der Waals surface area contributed by atoms with Crippen LogP contribution in [-0.2, 0) is 57.6 Å². The molecule has 30 heteroatoms. The molecule has 10 amide bonds. The molecule has 0 saturated carbocycles. The molecular weight excluding hydrogens is 1110 g/mol. The van der Waals surface area contributed by atoms with Gasteiger partial charge < -0.3 is 92.1 Å². The first kappa shape index (κ1) is 66.6. The van der Waals surface area contributed by atoms with Crippen LogP contribution < -0.4 is 82.3 Å². The highest BCUT2D eigenvalue weighted by Crippen LogP contribution is 2.20. The number of H-pyrrole nitrogens is 1. The van der Waals surface area contributed by atoms with E-state index in [4.69, 9.17) is 34.4 Å². The standard InChI is InChI=1S/C56H79N19O11/c57-47(80)42(28-32-13-17-35(76)18-14-32)72-49(82)40(11-6-26-65-54(60)61)71-52(85)44(30-34-31-68-38-9-2-1-8-37(34)38)74-50(83)41-12-7-27-66-55(62)75-56(86)67-24-4-3-23-63-45(78)21-22-46(79)69-39(10-5-25-64-53(58)59)48(81)73-43(51(84)70-41)29-33-15-19-36(77)20-16-33/h1-2,8-9,13-20,31,39-44,68,76-77H,3-7,10-12,21-30H2,(H2,57,80)(H,63,78)(H,69,79)(H,70,84)(H,71,85)(H,72,82)(H,73,81)(H,74,83)(H4,58,59,64)(H4,60,61,65)(H4,62,66,67,75,86)/t39-,40-,41-,42-,43-,44-/m0/s1. The molecule has 0 radical (unpaired) electrons. The van der Waals surface area contributed by atoms with Gasteiger partial charge in [-0.25, -0.2) is 4.79 Å². The second kappa shape index (κ2) is 34.4. The Kier molecular flexibility index (Phi) is 26.7. The molecule has 86 heavy (non-hydrogen) atoms. The molecule has 5 rings (SSSR count). The van der Waals surface area contributed by atoms with E-state index in [0.29, 0.717) is 40.4 Å². The Hall–Kier alpha value is -10.2. The summed E-state index contributed by atoms with van der Waals surface area (Å²) in [6.45, 7) is 0.456. The molecule has 464 valence electrons. The molecule has 24 N–H and O–H groups in total. The number of amides is 10. The van der Waals surface area contributed by atoms with Gasteiger partial charge in [-0.1, -0.05) is 42.5 Å². The lowest BCUT2D eigenvalue weighted by Crippen LogP contribution is -2.60. The van der Waals surface area contributed by atoms with Crippen LogP contribution in [-0.4, -0.2) is 155 Å². The van der Waals surface area contributed by atoms with Gasteiger partial charge in [-0.15, -0.1) is 0 Å². The van der Waals surface area contributed by atoms with Crippen molar-refractivity contribution in [1.29, 1.82) is 0 Å². The van der Waals surface area contributed by atoms with Crippen molar-refractivity contribution in [2.75, 3.05) is 32.7 Å². The Labute approximate surface area is 495 Å². The number of carbonyl (C=O) groups is 9. The van der Waals surface area contributed by atoms with Crippen molar-refractivity contribution in [1.82, 2.24) is 52.8 Å². The number of phenolic OH excluding ortho intramolecular Hbond substituents is 2. The van der Waals surface area contributed by atoms with Crippen LogP contribution in [0, 0.1) is 0 Å². The lowest BCUT2D eigenvalue weighted by atomic mass is 10.0. The fraction of sp³-hybridized carbons (Fsp3) is 0.429. The lowest BCUT2D eigenvalue weighted by Gasteiger charge is -2.28. The van der Waals surface area contributed by atoms with Crippen LogP contribution in [0.4, 0.5) is 4.79 Å². The Morgan fingerprint density at radius 1 is 0.651 bits per heavy atom. The minimum atomic E-state index is -1.52. The highest BCUT2D eigenvalue weighted by atomic mass is 16.3. The number of hydrogen-bond acceptors (Lipinski definition) is 15. The van der Waals surface area contributed by atoms with E-state index in [9.17, 15) is 48.6 Å². The van der Waals surface area contributed by atoms with Crippen LogP contribution in [0.1, 0.15) is 80.9 Å². The highest BCUT2D eigenvalue weighted by Gasteiger charge is 2.34. The van der Waals surface area contributed by atoms with Crippen LogP contribution in [0.2, 0.25) is 0 Å². The minimum absolute atomic E-state index is 0.0233. The fourth-order valence-corrected chi connectivity index (χ4v) is 9.03. The van der Waals surface area contributed by atoms with Crippen molar-refractivity contribution >= 4 is 82.1 Å². The molecule has 4 aromatic rings. The van der Waals surface area contributed by atoms with Crippen molar-refractivity contribution in [2.45, 2.75) is 120 Å². The number of benzene rings is 3. The number of aromatic amines is 1. The van der Waals surface area contributed by atoms with Crippen LogP contribution >= 0.6 is 0 Å². The number of aromatic nitrogens is 1. The summed E-state index contributed by atoms with van der Waals surface area (Å²) in [7, 11) is 0. The molecule has 2 heterocycles. The summed E-state index contributed by atoms with van der Waals surface area (Å²) in [6.07, 6.45) is 1.59. The van der Waals surface area contributed by atoms with Crippen LogP contribution in [0.5, 0.6) is 11.5 Å². The summed E-state index contributed by atoms with van der Waals surface area (Å²) in [5.74, 6) is -7.18. The van der Waals surface area contributed by atoms with Gasteiger partial charge in [-0.3, -0.25) is 58.7 Å². The van der Waals surface area contributed by atoms with Gasteiger partial charge in [-0.2, -0.15) is 0 Å². The van der Waals surface area contributed by atoms with E-state index in [1.165, 1.54) is 36.4 Å². The third kappa shape index (κ3) is 23.6. The van der Waals surface area contributed by atoms with Crippen LogP contribution in [0.3, 0.4) is 0 Å². The maximum atomic E-state index is 15.0. The monoisotopic (exact) mass is 1190 g/mol. The van der Waals surface area contributed by atoms with Crippen molar-refractivity contribution in [3.8, 4) is 11.5 Å². The number of rotatable bonds is 21. The maximum absolute atomic E-state index is 15.0. The first-order chi connectivity index (χ1) is 41.1. The Balaban J connectivity index is 1.52. The maximum Gasteiger partial charge on any atom is 0.321 e. The summed E-state index contributed by atoms with van der Waals surface area (Å²) in [5.41, 5.74) is 36.3. The molecular formula is C56H79N19O11. The number of aromatic hydroxyl groups is 2. The predicted molar refractivity (Wildman–Crippen MR) is 320 cm³/mol. The second-order valence-electron chi connectivity index (χ2n) is 20.4. The van der Waals surface area contributed by atoms with Crippen molar-refractivity contribution in [3.63, 3.8) is 0 Å². The number of guanidine groups is 3. The quantitative estimate of drug-likeness (QED) is 0.0228. The number of nitrogens with one attached hydrogen (secondary N) is 10. The number of nitrogens with two attached hydrogens (primary N) is 6. The molecule has 0 saturated heterocycles. The molecule has 1 aromatic heterocycles. The van der Waals surface area contributed by atoms with E-state index in [1.54, 1.807) is 42.6 Å². The van der Waals surface area contributed by atoms with Crippen LogP contribution in [0.25, 0.3) is 10.9 Å². The van der Waals surface area contributed by atoms with Gasteiger partial charge in [0.25, 0.3) is 0 Å². The zero-order valence-electron chi connectivity index (χ0n) is 47.6. The van der Waals surface area contributed by atoms with Gasteiger partial charge in [0.1, 0.15) is 47.8 Å². The largest absolute Gasteiger partial charge is 0.508 e. The molecule has 0 aliphatic carbocycles. The SMILES string of the molecule is NC(=O)[C@H](Cc1ccc(O)cc1)NC(=O)[C@H](CCCN=C(N)N)NC(=O)[C@H](Cc1c[nH]c2ccccc12)NC(=O)[C@@H]1CCCN=C(N)NC(=O)NCCCCNC(=O)CCC(=O)N[C@@H](CCCN=C(N)N)C(=O)N[C@@H](Cc2ccc(O)cc2)C(=O)N1. The van der Waals surface area contributed by atoms with E-state index in [2.05, 4.69) is 67.8 Å². The average molecular weight is 1190 g/mol. The summed E-state index contributed by atoms with van der Waals surface area (Å²) in [5, 5.41) is 44.6. The summed E-state index contributed by atoms with van der Waals surface area (Å²) >= 11 is 0. The summed E-state index contributed by atoms with van der Waals surface area (Å²) in [6, 6.07) is 9.67. The van der Waals surface area contributed by atoms with Crippen molar-refractivity contribution in [3.05, 3.63) is 95.7 Å². The first-order valence-electron chi connectivity index (χ1n) is 28.1. The van der Waals surface area contributed by atoms with Gasteiger partial charge in [0.05, 0.1) is 0 Å². The number of nitrogens with zero attached hydrogens (tertiary/aromatic N) is 3. The molecule has 0 unspecified atom stereocenters. The number of fused-ring (bicyclic) bond motifs is 1. The van der Waals surface area contributed by atoms with Crippen molar-refractivity contribution in [2.24, 2.45) is 49.4 Å². The number of urea groups is 1. The minimum Gasteiger partial charge on any atom is -0.508 e. The van der Waals surface area contributed by atoms with Gasteiger partial charge in [0.2, 0.25) is 47.3 Å². The summed E-state index contributed by atoms with van der Waals surface area (Å²) in [4.78, 5) is 140. The van der Waals surface area contributed by atoms with Gasteiger partial charge in [-0.05, 0) is 98.4 Å². The zero-order chi connectivity index (χ0) is 62.5. The molecule has 1 aliphatic heterocycles. The average Bonchev–Trinajstić information content (AvgIpc) is 3.14. The highest BCUT2D eigenvalue weighted by molar-refractivity contribution is 5.98. The molecule has 0 bridgehead atoms. The second-order valence-corrected chi connectivity index (χ2v) is 20.4. The van der Waals surface area contributed by atoms with Crippen molar-refractivity contribution < 1.29 is 53.4 Å². The van der Waals surface area contributed by atoms with E-state index in [1.807, 2.05) is 0 Å². The zero-order valence-corrected chi connectivity index (χ0v) is 47.6. The smallest absolute Gasteiger partial charge is 0.321 e. The Morgan fingerprint density at radius 3 is 1.93 bits per heavy atom. The van der Waals surface area contributed by atoms with E-state index < -0.39 is 89.5 Å². The van der Waals surface area contributed by atoms with E-state index in [0.717, 1.165) is 0 Å². The number of para-hydroxylation sites is 1. The van der Waals surface area contributed by atoms with Gasteiger partial charge in [0.15, 0.2) is 17.9 Å². The Morgan fingerprint density at radius 2 is 1.26 bits per heavy atom.